The topological polar surface area (TPSA) is 41.6 Å². The molecule has 0 heterocycles. The Morgan fingerprint density at radius 3 is 2.62 bits per heavy atom. The van der Waals surface area contributed by atoms with Crippen molar-refractivity contribution in [3.63, 3.8) is 0 Å². The number of likely N-dealkylation sites (N-methyl/N-ethyl adjacent to an activating group) is 1. The molecule has 2 aromatic carbocycles. The zero-order chi connectivity index (χ0) is 17.4. The fraction of sp³-hybridized carbons (Fsp3) is 0.316. The molecule has 0 radical (unpaired) electrons. The van der Waals surface area contributed by atoms with Crippen LogP contribution in [0, 0.1) is 5.82 Å². The average molecular weight is 330 g/mol. The lowest BCUT2D eigenvalue weighted by molar-refractivity contribution is -0.117. The Kier molecular flexibility index (Phi) is 6.75. The van der Waals surface area contributed by atoms with Crippen molar-refractivity contribution >= 4 is 11.6 Å². The molecule has 0 unspecified atom stereocenters. The molecule has 0 saturated carbocycles. The van der Waals surface area contributed by atoms with Crippen molar-refractivity contribution in [2.24, 2.45) is 0 Å². The zero-order valence-corrected chi connectivity index (χ0v) is 14.1. The summed E-state index contributed by atoms with van der Waals surface area (Å²) >= 11 is 0. The van der Waals surface area contributed by atoms with Gasteiger partial charge in [-0.2, -0.15) is 0 Å². The van der Waals surface area contributed by atoms with Crippen molar-refractivity contribution in [2.45, 2.75) is 19.9 Å². The molecular formula is C19H23FN2O2. The van der Waals surface area contributed by atoms with Gasteiger partial charge in [-0.15, -0.1) is 0 Å². The highest BCUT2D eigenvalue weighted by Gasteiger charge is 2.11. The lowest BCUT2D eigenvalue weighted by Crippen LogP contribution is -2.30. The molecule has 1 N–H and O–H groups in total. The number of benzene rings is 2. The van der Waals surface area contributed by atoms with Gasteiger partial charge in [0.25, 0.3) is 0 Å². The summed E-state index contributed by atoms with van der Waals surface area (Å²) in [5.41, 5.74) is 1.22. The number of carbonyl (C=O) groups is 1. The minimum Gasteiger partial charge on any atom is -0.491 e. The molecule has 2 aromatic rings. The number of nitrogens with one attached hydrogen (secondary N) is 1. The molecule has 0 bridgehead atoms. The number of rotatable bonds is 8. The fourth-order valence-corrected chi connectivity index (χ4v) is 2.32. The molecule has 0 aliphatic heterocycles. The first-order valence-electron chi connectivity index (χ1n) is 8.03. The molecule has 1 amide bonds. The Bertz CT molecular complexity index is 676. The molecule has 0 saturated heterocycles. The van der Waals surface area contributed by atoms with Gasteiger partial charge < -0.3 is 10.1 Å². The van der Waals surface area contributed by atoms with E-state index in [1.54, 1.807) is 36.2 Å². The van der Waals surface area contributed by atoms with Crippen LogP contribution in [0.1, 0.15) is 18.9 Å². The van der Waals surface area contributed by atoms with E-state index < -0.39 is 0 Å². The van der Waals surface area contributed by atoms with E-state index in [2.05, 4.69) is 5.32 Å². The maximum atomic E-state index is 13.7. The molecule has 24 heavy (non-hydrogen) atoms. The Balaban J connectivity index is 1.92. The number of hydrogen-bond acceptors (Lipinski definition) is 3. The Labute approximate surface area is 142 Å². The molecule has 128 valence electrons. The second-order valence-electron chi connectivity index (χ2n) is 5.66. The minimum atomic E-state index is -0.261. The van der Waals surface area contributed by atoms with E-state index in [0.29, 0.717) is 30.2 Å². The van der Waals surface area contributed by atoms with E-state index >= 15 is 0 Å². The summed E-state index contributed by atoms with van der Waals surface area (Å²) in [4.78, 5) is 14.0. The number of para-hydroxylation sites is 2. The molecule has 4 nitrogen and oxygen atoms in total. The van der Waals surface area contributed by atoms with Crippen LogP contribution >= 0.6 is 0 Å². The molecule has 0 atom stereocenters. The van der Waals surface area contributed by atoms with Crippen molar-refractivity contribution in [3.05, 3.63) is 59.9 Å². The van der Waals surface area contributed by atoms with Gasteiger partial charge in [0.05, 0.1) is 18.8 Å². The predicted molar refractivity (Wildman–Crippen MR) is 93.6 cm³/mol. The number of carbonyl (C=O) groups excluding carboxylic acids is 1. The largest absolute Gasteiger partial charge is 0.491 e. The summed E-state index contributed by atoms with van der Waals surface area (Å²) in [7, 11) is 1.78. The third-order valence-corrected chi connectivity index (χ3v) is 3.43. The Morgan fingerprint density at radius 2 is 1.88 bits per heavy atom. The summed E-state index contributed by atoms with van der Waals surface area (Å²) < 4.78 is 19.3. The number of halogens is 1. The van der Waals surface area contributed by atoms with Crippen LogP contribution in [-0.2, 0) is 11.3 Å². The smallest absolute Gasteiger partial charge is 0.238 e. The maximum Gasteiger partial charge on any atom is 0.238 e. The van der Waals surface area contributed by atoms with E-state index in [1.807, 2.05) is 25.1 Å². The van der Waals surface area contributed by atoms with E-state index in [4.69, 9.17) is 4.74 Å². The van der Waals surface area contributed by atoms with Gasteiger partial charge >= 0.3 is 0 Å². The molecule has 2 rings (SSSR count). The number of amides is 1. The maximum absolute atomic E-state index is 13.7. The van der Waals surface area contributed by atoms with Gasteiger partial charge in [0.2, 0.25) is 5.91 Å². The number of nitrogens with zero attached hydrogens (tertiary/aromatic N) is 1. The highest BCUT2D eigenvalue weighted by atomic mass is 19.1. The van der Waals surface area contributed by atoms with Gasteiger partial charge in [-0.25, -0.2) is 4.39 Å². The minimum absolute atomic E-state index is 0.163. The summed E-state index contributed by atoms with van der Waals surface area (Å²) in [5, 5.41) is 2.85. The summed E-state index contributed by atoms with van der Waals surface area (Å²) in [6.45, 7) is 3.16. The summed E-state index contributed by atoms with van der Waals surface area (Å²) in [5.74, 6) is 0.230. The second-order valence-corrected chi connectivity index (χ2v) is 5.66. The van der Waals surface area contributed by atoms with Gasteiger partial charge in [-0.05, 0) is 31.7 Å². The lowest BCUT2D eigenvalue weighted by atomic mass is 10.2. The van der Waals surface area contributed by atoms with Crippen molar-refractivity contribution in [1.82, 2.24) is 4.90 Å². The van der Waals surface area contributed by atoms with Crippen LogP contribution in [0.5, 0.6) is 5.75 Å². The van der Waals surface area contributed by atoms with Gasteiger partial charge in [-0.3, -0.25) is 9.69 Å². The van der Waals surface area contributed by atoms with Crippen molar-refractivity contribution < 1.29 is 13.9 Å². The fourth-order valence-electron chi connectivity index (χ4n) is 2.32. The first kappa shape index (κ1) is 17.9. The standard InChI is InChI=1S/C19H23FN2O2/c1-3-12-24-18-11-7-6-10-17(18)21-19(23)14-22(2)13-15-8-4-5-9-16(15)20/h4-11H,3,12-14H2,1-2H3,(H,21,23). The van der Waals surface area contributed by atoms with E-state index in [0.717, 1.165) is 6.42 Å². The number of hydrogen-bond donors (Lipinski definition) is 1. The zero-order valence-electron chi connectivity index (χ0n) is 14.1. The summed E-state index contributed by atoms with van der Waals surface area (Å²) in [6, 6.07) is 13.9. The van der Waals surface area contributed by atoms with E-state index in [-0.39, 0.29) is 18.3 Å². The van der Waals surface area contributed by atoms with Crippen LogP contribution in [0.25, 0.3) is 0 Å². The lowest BCUT2D eigenvalue weighted by Gasteiger charge is -2.17. The van der Waals surface area contributed by atoms with Crippen LogP contribution in [0.15, 0.2) is 48.5 Å². The highest BCUT2D eigenvalue weighted by Crippen LogP contribution is 2.23. The van der Waals surface area contributed by atoms with Gasteiger partial charge in [0, 0.05) is 12.1 Å². The molecule has 0 fully saturated rings. The first-order chi connectivity index (χ1) is 11.6. The summed E-state index contributed by atoms with van der Waals surface area (Å²) in [6.07, 6.45) is 0.896. The van der Waals surface area contributed by atoms with Gasteiger partial charge in [-0.1, -0.05) is 37.3 Å². The molecule has 5 heteroatoms. The molecular weight excluding hydrogens is 307 g/mol. The normalized spacial score (nSPS) is 10.7. The van der Waals surface area contributed by atoms with E-state index in [9.17, 15) is 9.18 Å². The van der Waals surface area contributed by atoms with Gasteiger partial charge in [0.15, 0.2) is 0 Å². The predicted octanol–water partition coefficient (Wildman–Crippen LogP) is 3.69. The third kappa shape index (κ3) is 5.35. The average Bonchev–Trinajstić information content (AvgIpc) is 2.56. The van der Waals surface area contributed by atoms with Crippen LogP contribution in [0.3, 0.4) is 0 Å². The third-order valence-electron chi connectivity index (χ3n) is 3.43. The Morgan fingerprint density at radius 1 is 1.17 bits per heavy atom. The monoisotopic (exact) mass is 330 g/mol. The second kappa shape index (κ2) is 9.03. The van der Waals surface area contributed by atoms with Crippen LogP contribution in [0.4, 0.5) is 10.1 Å². The Hall–Kier alpha value is -2.40. The van der Waals surface area contributed by atoms with Crippen LogP contribution in [0.2, 0.25) is 0 Å². The molecule has 0 aliphatic rings. The van der Waals surface area contributed by atoms with Crippen molar-refractivity contribution in [3.8, 4) is 5.75 Å². The van der Waals surface area contributed by atoms with Crippen LogP contribution in [-0.4, -0.2) is 31.0 Å². The molecule has 0 aromatic heterocycles. The number of ether oxygens (including phenoxy) is 1. The van der Waals surface area contributed by atoms with E-state index in [1.165, 1.54) is 6.07 Å². The van der Waals surface area contributed by atoms with Crippen molar-refractivity contribution in [1.29, 1.82) is 0 Å². The van der Waals surface area contributed by atoms with Crippen molar-refractivity contribution in [2.75, 3.05) is 25.5 Å². The SMILES string of the molecule is CCCOc1ccccc1NC(=O)CN(C)Cc1ccccc1F. The number of anilines is 1. The first-order valence-corrected chi connectivity index (χ1v) is 8.03. The molecule has 0 spiro atoms. The van der Waals surface area contributed by atoms with Crippen LogP contribution < -0.4 is 10.1 Å². The molecule has 0 aliphatic carbocycles. The van der Waals surface area contributed by atoms with Gasteiger partial charge in [0.1, 0.15) is 11.6 Å². The highest BCUT2D eigenvalue weighted by molar-refractivity contribution is 5.93. The quantitative estimate of drug-likeness (QED) is 0.803.